The molecule has 0 bridgehead atoms. The Hall–Kier alpha value is -0.280. The van der Waals surface area contributed by atoms with Gasteiger partial charge in [-0.1, -0.05) is 12.2 Å². The maximum atomic E-state index is 12.1. The molecule has 0 radical (unpaired) electrons. The number of nitrogens with zero attached hydrogens (tertiary/aromatic N) is 1. The molecule has 1 rings (SSSR count). The fourth-order valence-electron chi connectivity index (χ4n) is 1.47. The molecule has 0 aromatic carbocycles. The van der Waals surface area contributed by atoms with Crippen LogP contribution in [0.15, 0.2) is 0 Å². The summed E-state index contributed by atoms with van der Waals surface area (Å²) in [4.78, 5) is -0.0665. The maximum absolute atomic E-state index is 12.1. The van der Waals surface area contributed by atoms with Gasteiger partial charge in [-0.2, -0.15) is 4.31 Å². The fourth-order valence-corrected chi connectivity index (χ4v) is 3.40. The Balaban J connectivity index is 2.92. The highest BCUT2D eigenvalue weighted by Crippen LogP contribution is 2.16. The van der Waals surface area contributed by atoms with E-state index < -0.39 is 21.3 Å². The summed E-state index contributed by atoms with van der Waals surface area (Å²) in [5, 5.41) is 8.17. The van der Waals surface area contributed by atoms with Crippen LogP contribution in [0.5, 0.6) is 0 Å². The summed E-state index contributed by atoms with van der Waals surface area (Å²) in [6.45, 7) is 1.91. The quantitative estimate of drug-likeness (QED) is 0.615. The fraction of sp³-hybridized carbons (Fsp3) is 0.875. The Bertz CT molecular complexity index is 357. The van der Waals surface area contributed by atoms with Gasteiger partial charge in [-0.15, -0.1) is 0 Å². The van der Waals surface area contributed by atoms with Gasteiger partial charge in [0.15, 0.2) is 0 Å². The largest absolute Gasteiger partial charge is 0.395 e. The Labute approximate surface area is 100 Å². The smallest absolute Gasteiger partial charge is 0.223 e. The summed E-state index contributed by atoms with van der Waals surface area (Å²) in [5.41, 5.74) is 5.35. The van der Waals surface area contributed by atoms with E-state index >= 15 is 0 Å². The van der Waals surface area contributed by atoms with Gasteiger partial charge in [0.1, 0.15) is 5.25 Å². The number of aliphatic hydroxyl groups is 1. The zero-order valence-electron chi connectivity index (χ0n) is 9.00. The molecule has 94 valence electrons. The lowest BCUT2D eigenvalue weighted by Gasteiger charge is -2.34. The third-order valence-corrected chi connectivity index (χ3v) is 5.34. The Kier molecular flexibility index (Phi) is 4.62. The van der Waals surface area contributed by atoms with Gasteiger partial charge in [-0.05, 0) is 6.92 Å². The maximum Gasteiger partial charge on any atom is 0.223 e. The normalized spacial score (nSPS) is 25.2. The lowest BCUT2D eigenvalue weighted by Crippen LogP contribution is -2.54. The van der Waals surface area contributed by atoms with Crippen LogP contribution in [0.4, 0.5) is 0 Å². The van der Waals surface area contributed by atoms with Crippen molar-refractivity contribution in [1.82, 2.24) is 4.31 Å². The van der Waals surface area contributed by atoms with Crippen LogP contribution in [0.3, 0.4) is 0 Å². The molecule has 0 aliphatic carbocycles. The van der Waals surface area contributed by atoms with Gasteiger partial charge in [0.25, 0.3) is 0 Å². The number of sulfonamides is 1. The number of thiocarbonyl (C=S) groups is 1. The number of hydrogen-bond donors (Lipinski definition) is 2. The first-order valence-corrected chi connectivity index (χ1v) is 6.81. The molecule has 6 nitrogen and oxygen atoms in total. The van der Waals surface area contributed by atoms with E-state index in [-0.39, 0.29) is 24.7 Å². The molecule has 0 spiro atoms. The van der Waals surface area contributed by atoms with E-state index in [4.69, 9.17) is 15.6 Å². The molecule has 0 saturated carbocycles. The SMILES string of the molecule is CC(C(N)=S)S(=O)(=O)N1CCOCC1CO. The van der Waals surface area contributed by atoms with Crippen molar-refractivity contribution in [3.8, 4) is 0 Å². The Morgan fingerprint density at radius 2 is 2.38 bits per heavy atom. The molecule has 1 saturated heterocycles. The average molecular weight is 268 g/mol. The van der Waals surface area contributed by atoms with Crippen molar-refractivity contribution in [3.63, 3.8) is 0 Å². The molecule has 1 aliphatic heterocycles. The minimum atomic E-state index is -3.60. The van der Waals surface area contributed by atoms with E-state index in [1.54, 1.807) is 0 Å². The molecule has 0 aromatic heterocycles. The van der Waals surface area contributed by atoms with E-state index in [9.17, 15) is 8.42 Å². The van der Waals surface area contributed by atoms with E-state index in [0.717, 1.165) is 0 Å². The predicted molar refractivity (Wildman–Crippen MR) is 63.6 cm³/mol. The molecule has 2 atom stereocenters. The summed E-state index contributed by atoms with van der Waals surface area (Å²) < 4.78 is 30.5. The van der Waals surface area contributed by atoms with Crippen molar-refractivity contribution < 1.29 is 18.3 Å². The molecule has 0 aromatic rings. The lowest BCUT2D eigenvalue weighted by atomic mass is 10.3. The lowest BCUT2D eigenvalue weighted by molar-refractivity contribution is 0.0108. The number of aliphatic hydroxyl groups excluding tert-OH is 1. The highest BCUT2D eigenvalue weighted by Gasteiger charge is 2.37. The van der Waals surface area contributed by atoms with E-state index in [0.29, 0.717) is 6.61 Å². The summed E-state index contributed by atoms with van der Waals surface area (Å²) in [5.74, 6) is 0. The first-order chi connectivity index (χ1) is 7.41. The topological polar surface area (TPSA) is 92.9 Å². The molecular weight excluding hydrogens is 252 g/mol. The Morgan fingerprint density at radius 3 is 2.88 bits per heavy atom. The molecular formula is C8H16N2O4S2. The van der Waals surface area contributed by atoms with E-state index in [1.807, 2.05) is 0 Å². The third kappa shape index (κ3) is 2.69. The van der Waals surface area contributed by atoms with Crippen LogP contribution >= 0.6 is 12.2 Å². The molecule has 1 aliphatic rings. The van der Waals surface area contributed by atoms with Crippen molar-refractivity contribution >= 4 is 27.2 Å². The summed E-state index contributed by atoms with van der Waals surface area (Å²) >= 11 is 4.69. The van der Waals surface area contributed by atoms with Crippen LogP contribution in [-0.4, -0.2) is 60.5 Å². The molecule has 16 heavy (non-hydrogen) atoms. The first-order valence-electron chi connectivity index (χ1n) is 4.89. The third-order valence-electron chi connectivity index (χ3n) is 2.56. The minimum Gasteiger partial charge on any atom is -0.395 e. The van der Waals surface area contributed by atoms with Crippen molar-refractivity contribution in [3.05, 3.63) is 0 Å². The highest BCUT2D eigenvalue weighted by molar-refractivity contribution is 7.92. The minimum absolute atomic E-state index is 0.0665. The van der Waals surface area contributed by atoms with Gasteiger partial charge in [-0.25, -0.2) is 8.42 Å². The molecule has 8 heteroatoms. The summed E-state index contributed by atoms with van der Waals surface area (Å²) in [6.07, 6.45) is 0. The number of ether oxygens (including phenoxy) is 1. The summed E-state index contributed by atoms with van der Waals surface area (Å²) in [7, 11) is -3.60. The second-order valence-electron chi connectivity index (χ2n) is 3.61. The van der Waals surface area contributed by atoms with Gasteiger partial charge >= 0.3 is 0 Å². The number of morpholine rings is 1. The van der Waals surface area contributed by atoms with Crippen LogP contribution in [0.25, 0.3) is 0 Å². The van der Waals surface area contributed by atoms with Crippen LogP contribution in [0.2, 0.25) is 0 Å². The monoisotopic (exact) mass is 268 g/mol. The standard InChI is InChI=1S/C8H16N2O4S2/c1-6(8(9)15)16(12,13)10-2-3-14-5-7(10)4-11/h6-7,11H,2-5H2,1H3,(H2,9,15). The van der Waals surface area contributed by atoms with Crippen molar-refractivity contribution in [1.29, 1.82) is 0 Å². The molecule has 1 heterocycles. The van der Waals surface area contributed by atoms with Crippen LogP contribution in [0.1, 0.15) is 6.92 Å². The average Bonchev–Trinajstić information content (AvgIpc) is 2.27. The van der Waals surface area contributed by atoms with Crippen molar-refractivity contribution in [2.45, 2.75) is 18.2 Å². The first kappa shape index (κ1) is 13.8. The van der Waals surface area contributed by atoms with Gasteiger partial charge in [0.05, 0.1) is 30.9 Å². The van der Waals surface area contributed by atoms with Crippen molar-refractivity contribution in [2.24, 2.45) is 5.73 Å². The Morgan fingerprint density at radius 1 is 1.75 bits per heavy atom. The molecule has 0 amide bonds. The highest BCUT2D eigenvalue weighted by atomic mass is 32.2. The van der Waals surface area contributed by atoms with Crippen molar-refractivity contribution in [2.75, 3.05) is 26.4 Å². The predicted octanol–water partition coefficient (Wildman–Crippen LogP) is -1.32. The second-order valence-corrected chi connectivity index (χ2v) is 6.29. The molecule has 1 fully saturated rings. The van der Waals surface area contributed by atoms with Gasteiger partial charge < -0.3 is 15.6 Å². The zero-order valence-corrected chi connectivity index (χ0v) is 10.6. The van der Waals surface area contributed by atoms with Gasteiger partial charge in [0.2, 0.25) is 10.0 Å². The van der Waals surface area contributed by atoms with E-state index in [2.05, 4.69) is 12.2 Å². The van der Waals surface area contributed by atoms with Crippen LogP contribution in [0, 0.1) is 0 Å². The van der Waals surface area contributed by atoms with E-state index in [1.165, 1.54) is 11.2 Å². The van der Waals surface area contributed by atoms with Crippen LogP contribution in [-0.2, 0) is 14.8 Å². The second kappa shape index (κ2) is 5.37. The van der Waals surface area contributed by atoms with Gasteiger partial charge in [-0.3, -0.25) is 0 Å². The summed E-state index contributed by atoms with van der Waals surface area (Å²) in [6, 6.07) is -0.546. The number of nitrogens with two attached hydrogens (primary N) is 1. The molecule has 3 N–H and O–H groups in total. The number of rotatable bonds is 4. The molecule has 2 unspecified atom stereocenters. The number of hydrogen-bond acceptors (Lipinski definition) is 5. The van der Waals surface area contributed by atoms with Crippen LogP contribution < -0.4 is 5.73 Å². The zero-order chi connectivity index (χ0) is 12.3. The van der Waals surface area contributed by atoms with Gasteiger partial charge in [0, 0.05) is 6.54 Å².